The summed E-state index contributed by atoms with van der Waals surface area (Å²) in [5, 5.41) is 0. The van der Waals surface area contributed by atoms with Crippen molar-refractivity contribution >= 4 is 5.78 Å². The van der Waals surface area contributed by atoms with Crippen LogP contribution in [-0.2, 0) is 4.79 Å². The van der Waals surface area contributed by atoms with Crippen LogP contribution < -0.4 is 0 Å². The molecule has 1 fully saturated rings. The van der Waals surface area contributed by atoms with E-state index in [2.05, 4.69) is 6.92 Å². The van der Waals surface area contributed by atoms with Gasteiger partial charge in [0.2, 0.25) is 0 Å². The Labute approximate surface area is 67.5 Å². The van der Waals surface area contributed by atoms with Gasteiger partial charge in [-0.05, 0) is 37.2 Å². The van der Waals surface area contributed by atoms with Gasteiger partial charge in [0.1, 0.15) is 0 Å². The maximum atomic E-state index is 11.0. The number of rotatable bonds is 0. The van der Waals surface area contributed by atoms with Crippen molar-refractivity contribution in [1.29, 1.82) is 0 Å². The summed E-state index contributed by atoms with van der Waals surface area (Å²) in [6, 6.07) is 0. The Morgan fingerprint density at radius 1 is 1.55 bits per heavy atom. The molecule has 0 aromatic heterocycles. The highest BCUT2D eigenvalue weighted by atomic mass is 16.1. The van der Waals surface area contributed by atoms with Gasteiger partial charge in [-0.3, -0.25) is 4.79 Å². The Morgan fingerprint density at radius 3 is 3.18 bits per heavy atom. The Kier molecular flexibility index (Phi) is 1.59. The fourth-order valence-electron chi connectivity index (χ4n) is 2.36. The molecule has 0 aromatic carbocycles. The number of hydrogen-bond acceptors (Lipinski definition) is 1. The zero-order valence-electron chi connectivity index (χ0n) is 6.97. The molecule has 1 heteroatoms. The third-order valence-corrected chi connectivity index (χ3v) is 2.88. The van der Waals surface area contributed by atoms with Crippen LogP contribution in [-0.4, -0.2) is 5.78 Å². The number of carbonyl (C=O) groups is 1. The predicted octanol–water partition coefficient (Wildman–Crippen LogP) is 2.32. The molecule has 0 aliphatic heterocycles. The van der Waals surface area contributed by atoms with Crippen molar-refractivity contribution in [3.8, 4) is 0 Å². The van der Waals surface area contributed by atoms with Gasteiger partial charge in [-0.25, -0.2) is 0 Å². The Morgan fingerprint density at radius 2 is 2.36 bits per heavy atom. The molecule has 2 atom stereocenters. The highest BCUT2D eigenvalue weighted by Gasteiger charge is 2.29. The van der Waals surface area contributed by atoms with Crippen LogP contribution in [0.2, 0.25) is 0 Å². The molecule has 2 unspecified atom stereocenters. The molecule has 0 heterocycles. The number of carbonyl (C=O) groups excluding carboxylic acids is 1. The summed E-state index contributed by atoms with van der Waals surface area (Å²) in [4.78, 5) is 11.0. The van der Waals surface area contributed by atoms with E-state index < -0.39 is 0 Å². The smallest absolute Gasteiger partial charge is 0.155 e. The normalized spacial score (nSPS) is 36.8. The van der Waals surface area contributed by atoms with Crippen molar-refractivity contribution in [3.63, 3.8) is 0 Å². The van der Waals surface area contributed by atoms with Gasteiger partial charge >= 0.3 is 0 Å². The van der Waals surface area contributed by atoms with Gasteiger partial charge in [0.25, 0.3) is 0 Å². The van der Waals surface area contributed by atoms with E-state index >= 15 is 0 Å². The van der Waals surface area contributed by atoms with Crippen molar-refractivity contribution in [2.24, 2.45) is 11.8 Å². The van der Waals surface area contributed by atoms with E-state index in [4.69, 9.17) is 0 Å². The van der Waals surface area contributed by atoms with Crippen molar-refractivity contribution in [1.82, 2.24) is 0 Å². The van der Waals surface area contributed by atoms with Gasteiger partial charge in [-0.2, -0.15) is 0 Å². The van der Waals surface area contributed by atoms with Gasteiger partial charge in [-0.1, -0.05) is 12.5 Å². The van der Waals surface area contributed by atoms with Gasteiger partial charge in [0.15, 0.2) is 5.78 Å². The monoisotopic (exact) mass is 150 g/mol. The molecule has 0 radical (unpaired) electrons. The molecule has 0 bridgehead atoms. The molecule has 2 aliphatic rings. The lowest BCUT2D eigenvalue weighted by atomic mass is 9.90. The minimum Gasteiger partial charge on any atom is -0.295 e. The minimum absolute atomic E-state index is 0.352. The van der Waals surface area contributed by atoms with Crippen LogP contribution >= 0.6 is 0 Å². The van der Waals surface area contributed by atoms with Gasteiger partial charge in [0, 0.05) is 6.42 Å². The Hall–Kier alpha value is -0.590. The quantitative estimate of drug-likeness (QED) is 0.518. The van der Waals surface area contributed by atoms with Gasteiger partial charge < -0.3 is 0 Å². The SMILES string of the molecule is CC1CC2=CC(=O)CCC2C1. The predicted molar refractivity (Wildman–Crippen MR) is 44.2 cm³/mol. The van der Waals surface area contributed by atoms with Crippen molar-refractivity contribution < 1.29 is 4.79 Å². The first kappa shape index (κ1) is 7.08. The van der Waals surface area contributed by atoms with Crippen LogP contribution in [0.15, 0.2) is 11.6 Å². The lowest BCUT2D eigenvalue weighted by Gasteiger charge is -2.15. The molecular formula is C10H14O. The maximum absolute atomic E-state index is 11.0. The zero-order valence-corrected chi connectivity index (χ0v) is 6.97. The van der Waals surface area contributed by atoms with Gasteiger partial charge in [0.05, 0.1) is 0 Å². The summed E-state index contributed by atoms with van der Waals surface area (Å²) in [6.07, 6.45) is 6.31. The summed E-state index contributed by atoms with van der Waals surface area (Å²) in [6.45, 7) is 2.28. The fourth-order valence-corrected chi connectivity index (χ4v) is 2.36. The van der Waals surface area contributed by atoms with E-state index in [-0.39, 0.29) is 0 Å². The second kappa shape index (κ2) is 2.47. The summed E-state index contributed by atoms with van der Waals surface area (Å²) in [7, 11) is 0. The lowest BCUT2D eigenvalue weighted by Crippen LogP contribution is -2.08. The molecule has 1 nitrogen and oxygen atoms in total. The van der Waals surface area contributed by atoms with E-state index in [1.807, 2.05) is 6.08 Å². The van der Waals surface area contributed by atoms with E-state index in [1.54, 1.807) is 0 Å². The van der Waals surface area contributed by atoms with Crippen LogP contribution in [0.25, 0.3) is 0 Å². The molecular weight excluding hydrogens is 136 g/mol. The van der Waals surface area contributed by atoms with Crippen LogP contribution in [0, 0.1) is 11.8 Å². The topological polar surface area (TPSA) is 17.1 Å². The van der Waals surface area contributed by atoms with Crippen molar-refractivity contribution in [3.05, 3.63) is 11.6 Å². The summed E-state index contributed by atoms with van der Waals surface area (Å²) in [5.74, 6) is 1.94. The minimum atomic E-state index is 0.352. The molecule has 0 saturated heterocycles. The number of allylic oxidation sites excluding steroid dienone is 2. The standard InChI is InChI=1S/C10H14O/c1-7-4-8-2-3-10(11)6-9(8)5-7/h6-8H,2-5H2,1H3. The molecule has 1 saturated carbocycles. The molecule has 0 amide bonds. The molecule has 11 heavy (non-hydrogen) atoms. The summed E-state index contributed by atoms with van der Waals surface area (Å²) in [5.41, 5.74) is 1.44. The maximum Gasteiger partial charge on any atom is 0.155 e. The lowest BCUT2D eigenvalue weighted by molar-refractivity contribution is -0.115. The highest BCUT2D eigenvalue weighted by molar-refractivity contribution is 5.91. The Bertz CT molecular complexity index is 215. The molecule has 2 aliphatic carbocycles. The number of fused-ring (bicyclic) bond motifs is 1. The molecule has 0 spiro atoms. The third-order valence-electron chi connectivity index (χ3n) is 2.88. The van der Waals surface area contributed by atoms with Gasteiger partial charge in [-0.15, -0.1) is 0 Å². The van der Waals surface area contributed by atoms with Crippen molar-refractivity contribution in [2.45, 2.75) is 32.6 Å². The summed E-state index contributed by atoms with van der Waals surface area (Å²) >= 11 is 0. The summed E-state index contributed by atoms with van der Waals surface area (Å²) < 4.78 is 0. The fraction of sp³-hybridized carbons (Fsp3) is 0.700. The largest absolute Gasteiger partial charge is 0.295 e. The third kappa shape index (κ3) is 1.24. The van der Waals surface area contributed by atoms with Crippen molar-refractivity contribution in [2.75, 3.05) is 0 Å². The van der Waals surface area contributed by atoms with Crippen LogP contribution in [0.5, 0.6) is 0 Å². The molecule has 0 aromatic rings. The first-order chi connectivity index (χ1) is 5.25. The average molecular weight is 150 g/mol. The first-order valence-corrected chi connectivity index (χ1v) is 4.49. The van der Waals surface area contributed by atoms with E-state index in [9.17, 15) is 4.79 Å². The zero-order chi connectivity index (χ0) is 7.84. The molecule has 2 rings (SSSR count). The molecule has 60 valence electrons. The Balaban J connectivity index is 2.20. The van der Waals surface area contributed by atoms with E-state index in [1.165, 1.54) is 18.4 Å². The second-order valence-corrected chi connectivity index (χ2v) is 3.97. The van der Waals surface area contributed by atoms with E-state index in [0.29, 0.717) is 5.78 Å². The van der Waals surface area contributed by atoms with Crippen LogP contribution in [0.3, 0.4) is 0 Å². The molecule has 0 N–H and O–H groups in total. The number of ketones is 1. The highest BCUT2D eigenvalue weighted by Crippen LogP contribution is 2.40. The van der Waals surface area contributed by atoms with Crippen LogP contribution in [0.4, 0.5) is 0 Å². The van der Waals surface area contributed by atoms with E-state index in [0.717, 1.165) is 24.7 Å². The van der Waals surface area contributed by atoms with Crippen LogP contribution in [0.1, 0.15) is 32.6 Å². The number of hydrogen-bond donors (Lipinski definition) is 0. The first-order valence-electron chi connectivity index (χ1n) is 4.49. The average Bonchev–Trinajstić information content (AvgIpc) is 2.27. The second-order valence-electron chi connectivity index (χ2n) is 3.97.